The molecule has 0 aliphatic carbocycles. The first-order valence-corrected chi connectivity index (χ1v) is 6.08. The van der Waals surface area contributed by atoms with Gasteiger partial charge in [0.1, 0.15) is 9.84 Å². The molecule has 5 heteroatoms. The molecule has 0 unspecified atom stereocenters. The van der Waals surface area contributed by atoms with Gasteiger partial charge in [-0.25, -0.2) is 8.42 Å². The monoisotopic (exact) mass is 194 g/mol. The lowest BCUT2D eigenvalue weighted by atomic mass is 10.4. The Labute approximate surface area is 74.7 Å². The van der Waals surface area contributed by atoms with E-state index < -0.39 is 9.84 Å². The summed E-state index contributed by atoms with van der Waals surface area (Å²) in [5.74, 6) is 0.266. The van der Waals surface area contributed by atoms with Gasteiger partial charge in [0.25, 0.3) is 0 Å². The zero-order chi connectivity index (χ0) is 9.61. The van der Waals surface area contributed by atoms with Crippen LogP contribution in [-0.2, 0) is 9.84 Å². The molecule has 0 aromatic rings. The van der Waals surface area contributed by atoms with E-state index in [1.54, 1.807) is 0 Å². The van der Waals surface area contributed by atoms with Gasteiger partial charge in [-0.1, -0.05) is 0 Å². The van der Waals surface area contributed by atoms with Crippen molar-refractivity contribution in [1.29, 1.82) is 0 Å². The van der Waals surface area contributed by atoms with Crippen molar-refractivity contribution in [2.45, 2.75) is 6.42 Å². The Kier molecular flexibility index (Phi) is 5.44. The van der Waals surface area contributed by atoms with Crippen molar-refractivity contribution in [2.75, 3.05) is 38.7 Å². The first-order chi connectivity index (χ1) is 5.45. The van der Waals surface area contributed by atoms with Crippen LogP contribution in [0.5, 0.6) is 0 Å². The van der Waals surface area contributed by atoms with Crippen LogP contribution in [0.15, 0.2) is 0 Å². The summed E-state index contributed by atoms with van der Waals surface area (Å²) in [4.78, 5) is 2.03. The molecule has 4 nitrogen and oxygen atoms in total. The second-order valence-electron chi connectivity index (χ2n) is 3.08. The van der Waals surface area contributed by atoms with Crippen LogP contribution in [0.25, 0.3) is 0 Å². The topological polar surface area (TPSA) is 63.4 Å². The number of nitrogens with zero attached hydrogens (tertiary/aromatic N) is 1. The third kappa shape index (κ3) is 7.97. The minimum absolute atomic E-state index is 0.266. The highest BCUT2D eigenvalue weighted by atomic mass is 32.2. The maximum absolute atomic E-state index is 10.7. The molecule has 0 fully saturated rings. The lowest BCUT2D eigenvalue weighted by Gasteiger charge is -2.14. The fraction of sp³-hybridized carbons (Fsp3) is 1.00. The van der Waals surface area contributed by atoms with E-state index >= 15 is 0 Å². The number of sulfone groups is 1. The van der Waals surface area contributed by atoms with Gasteiger partial charge >= 0.3 is 0 Å². The summed E-state index contributed by atoms with van der Waals surface area (Å²) in [6, 6.07) is 0. The summed E-state index contributed by atoms with van der Waals surface area (Å²) in [6.45, 7) is 2.24. The number of nitrogens with two attached hydrogens (primary N) is 1. The molecule has 74 valence electrons. The highest BCUT2D eigenvalue weighted by Gasteiger charge is 2.02. The van der Waals surface area contributed by atoms with E-state index in [0.29, 0.717) is 13.0 Å². The molecule has 0 aromatic carbocycles. The lowest BCUT2D eigenvalue weighted by molar-refractivity contribution is 0.344. The zero-order valence-electron chi connectivity index (χ0n) is 7.78. The Bertz CT molecular complexity index is 201. The van der Waals surface area contributed by atoms with Gasteiger partial charge in [0.2, 0.25) is 0 Å². The lowest BCUT2D eigenvalue weighted by Crippen LogP contribution is -2.27. The van der Waals surface area contributed by atoms with Gasteiger partial charge < -0.3 is 10.6 Å². The molecule has 2 N–H and O–H groups in total. The van der Waals surface area contributed by atoms with Gasteiger partial charge in [0, 0.05) is 19.3 Å². The first kappa shape index (κ1) is 11.9. The molecule has 0 atom stereocenters. The molecule has 0 heterocycles. The maximum atomic E-state index is 10.7. The predicted octanol–water partition coefficient (Wildman–Crippen LogP) is -0.688. The normalized spacial score (nSPS) is 12.3. The highest BCUT2D eigenvalue weighted by molar-refractivity contribution is 7.90. The van der Waals surface area contributed by atoms with Crippen LogP contribution >= 0.6 is 0 Å². The van der Waals surface area contributed by atoms with Crippen LogP contribution < -0.4 is 5.73 Å². The molecular weight excluding hydrogens is 176 g/mol. The molecule has 0 saturated heterocycles. The van der Waals surface area contributed by atoms with E-state index in [1.165, 1.54) is 6.26 Å². The molecule has 0 radical (unpaired) electrons. The van der Waals surface area contributed by atoms with E-state index in [0.717, 1.165) is 13.1 Å². The van der Waals surface area contributed by atoms with Crippen molar-refractivity contribution in [2.24, 2.45) is 5.73 Å². The summed E-state index contributed by atoms with van der Waals surface area (Å²) in [6.07, 6.45) is 1.95. The number of hydrogen-bond acceptors (Lipinski definition) is 4. The van der Waals surface area contributed by atoms with Crippen molar-refractivity contribution in [3.63, 3.8) is 0 Å². The average Bonchev–Trinajstić information content (AvgIpc) is 1.84. The van der Waals surface area contributed by atoms with Crippen LogP contribution in [-0.4, -0.2) is 52.0 Å². The van der Waals surface area contributed by atoms with E-state index in [1.807, 2.05) is 11.9 Å². The van der Waals surface area contributed by atoms with Crippen LogP contribution in [0.4, 0.5) is 0 Å². The van der Waals surface area contributed by atoms with E-state index in [2.05, 4.69) is 0 Å². The molecule has 0 saturated carbocycles. The SMILES string of the molecule is CN(CCN)CCCS(C)(=O)=O. The molecule has 0 aliphatic rings. The fourth-order valence-corrected chi connectivity index (χ4v) is 1.58. The minimum Gasteiger partial charge on any atom is -0.329 e. The van der Waals surface area contributed by atoms with Crippen molar-refractivity contribution in [3.8, 4) is 0 Å². The predicted molar refractivity (Wildman–Crippen MR) is 50.9 cm³/mol. The van der Waals surface area contributed by atoms with Crippen LogP contribution in [0.1, 0.15) is 6.42 Å². The summed E-state index contributed by atoms with van der Waals surface area (Å²) in [5.41, 5.74) is 5.33. The van der Waals surface area contributed by atoms with Gasteiger partial charge in [0.05, 0.1) is 5.75 Å². The maximum Gasteiger partial charge on any atom is 0.147 e. The quantitative estimate of drug-likeness (QED) is 0.608. The van der Waals surface area contributed by atoms with Crippen molar-refractivity contribution >= 4 is 9.84 Å². The third-order valence-corrected chi connectivity index (χ3v) is 2.60. The average molecular weight is 194 g/mol. The Hall–Kier alpha value is -0.130. The summed E-state index contributed by atoms with van der Waals surface area (Å²) in [7, 11) is -0.853. The largest absolute Gasteiger partial charge is 0.329 e. The first-order valence-electron chi connectivity index (χ1n) is 4.02. The van der Waals surface area contributed by atoms with Crippen molar-refractivity contribution in [3.05, 3.63) is 0 Å². The van der Waals surface area contributed by atoms with Crippen LogP contribution in [0, 0.1) is 0 Å². The summed E-state index contributed by atoms with van der Waals surface area (Å²) >= 11 is 0. The van der Waals surface area contributed by atoms with Crippen molar-refractivity contribution in [1.82, 2.24) is 4.90 Å². The Balaban J connectivity index is 3.44. The number of hydrogen-bond donors (Lipinski definition) is 1. The van der Waals surface area contributed by atoms with E-state index in [-0.39, 0.29) is 5.75 Å². The summed E-state index contributed by atoms with van der Waals surface area (Å²) < 4.78 is 21.5. The molecule has 0 aliphatic heterocycles. The zero-order valence-corrected chi connectivity index (χ0v) is 8.60. The van der Waals surface area contributed by atoms with Crippen LogP contribution in [0.3, 0.4) is 0 Å². The summed E-state index contributed by atoms with van der Waals surface area (Å²) in [5, 5.41) is 0. The molecule has 12 heavy (non-hydrogen) atoms. The molecule has 0 amide bonds. The molecule has 0 spiro atoms. The fourth-order valence-electron chi connectivity index (χ4n) is 0.929. The molecule has 0 aromatic heterocycles. The van der Waals surface area contributed by atoms with Gasteiger partial charge in [-0.2, -0.15) is 0 Å². The molecule has 0 rings (SSSR count). The van der Waals surface area contributed by atoms with Crippen molar-refractivity contribution < 1.29 is 8.42 Å². The number of rotatable bonds is 6. The van der Waals surface area contributed by atoms with Gasteiger partial charge in [-0.15, -0.1) is 0 Å². The van der Waals surface area contributed by atoms with E-state index in [4.69, 9.17) is 5.73 Å². The Morgan fingerprint density at radius 1 is 1.33 bits per heavy atom. The van der Waals surface area contributed by atoms with Gasteiger partial charge in [0.15, 0.2) is 0 Å². The Morgan fingerprint density at radius 2 is 1.92 bits per heavy atom. The minimum atomic E-state index is -2.79. The van der Waals surface area contributed by atoms with Gasteiger partial charge in [-0.3, -0.25) is 0 Å². The Morgan fingerprint density at radius 3 is 2.33 bits per heavy atom. The third-order valence-electron chi connectivity index (χ3n) is 1.57. The molecular formula is C7H18N2O2S. The second-order valence-corrected chi connectivity index (χ2v) is 5.34. The number of likely N-dealkylation sites (N-methyl/N-ethyl adjacent to an activating group) is 1. The van der Waals surface area contributed by atoms with E-state index in [9.17, 15) is 8.42 Å². The highest BCUT2D eigenvalue weighted by Crippen LogP contribution is 1.91. The second kappa shape index (κ2) is 5.50. The standard InChI is InChI=1S/C7H18N2O2S/c1-9(6-4-8)5-3-7-12(2,10)11/h3-8H2,1-2H3. The van der Waals surface area contributed by atoms with Crippen LogP contribution in [0.2, 0.25) is 0 Å². The molecule has 0 bridgehead atoms. The van der Waals surface area contributed by atoms with Gasteiger partial charge in [-0.05, 0) is 20.0 Å². The smallest absolute Gasteiger partial charge is 0.147 e.